The van der Waals surface area contributed by atoms with Crippen LogP contribution in [0.2, 0.25) is 0 Å². The van der Waals surface area contributed by atoms with E-state index in [2.05, 4.69) is 46.1 Å². The molecule has 6 heteroatoms. The SMILES string of the molecule is CNC(=O)[C@@H](CC(=O)c1nc(-c2ccccc2-c2ccccc2)n2c1CN(C)CCC2)C(C)(C)C. The lowest BCUT2D eigenvalue weighted by Crippen LogP contribution is -2.37. The molecule has 0 fully saturated rings. The van der Waals surface area contributed by atoms with Crippen molar-refractivity contribution in [2.45, 2.75) is 46.7 Å². The molecule has 184 valence electrons. The molecule has 1 aromatic heterocycles. The third-order valence-electron chi connectivity index (χ3n) is 6.93. The lowest BCUT2D eigenvalue weighted by Gasteiger charge is -2.28. The molecule has 1 aliphatic rings. The zero-order valence-corrected chi connectivity index (χ0v) is 21.5. The normalized spacial score (nSPS) is 15.2. The number of carbonyl (C=O) groups is 2. The number of fused-ring (bicyclic) bond motifs is 1. The van der Waals surface area contributed by atoms with Gasteiger partial charge in [0.25, 0.3) is 0 Å². The lowest BCUT2D eigenvalue weighted by molar-refractivity contribution is -0.127. The van der Waals surface area contributed by atoms with E-state index in [1.165, 1.54) is 0 Å². The summed E-state index contributed by atoms with van der Waals surface area (Å²) >= 11 is 0. The van der Waals surface area contributed by atoms with Crippen LogP contribution in [0.1, 0.15) is 49.8 Å². The highest BCUT2D eigenvalue weighted by Gasteiger charge is 2.35. The minimum Gasteiger partial charge on any atom is -0.359 e. The molecule has 1 atom stereocenters. The topological polar surface area (TPSA) is 67.2 Å². The molecule has 0 radical (unpaired) electrons. The van der Waals surface area contributed by atoms with Crippen LogP contribution in [-0.2, 0) is 17.9 Å². The van der Waals surface area contributed by atoms with Crippen molar-refractivity contribution in [3.8, 4) is 22.5 Å². The molecule has 4 rings (SSSR count). The predicted molar refractivity (Wildman–Crippen MR) is 140 cm³/mol. The van der Waals surface area contributed by atoms with Gasteiger partial charge in [-0.3, -0.25) is 9.59 Å². The molecule has 0 spiro atoms. The Labute approximate surface area is 208 Å². The van der Waals surface area contributed by atoms with Crippen molar-refractivity contribution in [1.29, 1.82) is 0 Å². The van der Waals surface area contributed by atoms with E-state index in [0.717, 1.165) is 47.7 Å². The first-order valence-corrected chi connectivity index (χ1v) is 12.4. The summed E-state index contributed by atoms with van der Waals surface area (Å²) in [6, 6.07) is 18.5. The fourth-order valence-electron chi connectivity index (χ4n) is 4.95. The second-order valence-corrected chi connectivity index (χ2v) is 10.5. The second-order valence-electron chi connectivity index (χ2n) is 10.5. The van der Waals surface area contributed by atoms with Crippen LogP contribution in [0.15, 0.2) is 54.6 Å². The maximum atomic E-state index is 13.7. The van der Waals surface area contributed by atoms with Crippen molar-refractivity contribution in [2.75, 3.05) is 20.6 Å². The van der Waals surface area contributed by atoms with Crippen LogP contribution in [-0.4, -0.2) is 46.8 Å². The number of carbonyl (C=O) groups excluding carboxylic acids is 2. The van der Waals surface area contributed by atoms with Crippen LogP contribution in [0.25, 0.3) is 22.5 Å². The number of imidazole rings is 1. The van der Waals surface area contributed by atoms with Crippen LogP contribution in [0.5, 0.6) is 0 Å². The third-order valence-corrected chi connectivity index (χ3v) is 6.93. The first-order chi connectivity index (χ1) is 16.7. The van der Waals surface area contributed by atoms with Gasteiger partial charge in [-0.15, -0.1) is 0 Å². The Hall–Kier alpha value is -3.25. The number of nitrogens with zero attached hydrogens (tertiary/aromatic N) is 3. The zero-order chi connectivity index (χ0) is 25.2. The van der Waals surface area contributed by atoms with Gasteiger partial charge in [-0.25, -0.2) is 4.98 Å². The molecular weight excluding hydrogens is 436 g/mol. The molecule has 0 saturated heterocycles. The van der Waals surface area contributed by atoms with E-state index in [-0.39, 0.29) is 23.5 Å². The Morgan fingerprint density at radius 2 is 1.66 bits per heavy atom. The molecule has 3 aromatic rings. The van der Waals surface area contributed by atoms with Gasteiger partial charge in [-0.05, 0) is 36.6 Å². The summed E-state index contributed by atoms with van der Waals surface area (Å²) in [5.74, 6) is 0.213. The number of ketones is 1. The smallest absolute Gasteiger partial charge is 0.223 e. The first-order valence-electron chi connectivity index (χ1n) is 12.4. The van der Waals surface area contributed by atoms with Gasteiger partial charge in [0.1, 0.15) is 11.5 Å². The molecule has 0 saturated carbocycles. The maximum Gasteiger partial charge on any atom is 0.223 e. The van der Waals surface area contributed by atoms with Crippen LogP contribution in [0.3, 0.4) is 0 Å². The molecule has 0 aliphatic carbocycles. The first kappa shape index (κ1) is 24.9. The van der Waals surface area contributed by atoms with Gasteiger partial charge in [0.15, 0.2) is 5.78 Å². The molecule has 0 bridgehead atoms. The van der Waals surface area contributed by atoms with E-state index >= 15 is 0 Å². The van der Waals surface area contributed by atoms with E-state index in [0.29, 0.717) is 12.2 Å². The molecule has 0 unspecified atom stereocenters. The molecule has 2 aromatic carbocycles. The molecule has 1 amide bonds. The summed E-state index contributed by atoms with van der Waals surface area (Å²) in [5, 5.41) is 2.74. The van der Waals surface area contributed by atoms with Crippen molar-refractivity contribution in [1.82, 2.24) is 19.8 Å². The van der Waals surface area contributed by atoms with Crippen LogP contribution in [0.4, 0.5) is 0 Å². The molecule has 1 aliphatic heterocycles. The Bertz CT molecular complexity index is 1210. The van der Waals surface area contributed by atoms with Gasteiger partial charge in [0.2, 0.25) is 5.91 Å². The van der Waals surface area contributed by atoms with Gasteiger partial charge < -0.3 is 14.8 Å². The number of rotatable bonds is 6. The zero-order valence-electron chi connectivity index (χ0n) is 21.5. The molecule has 6 nitrogen and oxygen atoms in total. The number of amides is 1. The van der Waals surface area contributed by atoms with Crippen LogP contribution >= 0.6 is 0 Å². The Balaban J connectivity index is 1.83. The monoisotopic (exact) mass is 472 g/mol. The Kier molecular flexibility index (Phi) is 7.22. The molecular formula is C29H36N4O2. The summed E-state index contributed by atoms with van der Waals surface area (Å²) in [6.45, 7) is 8.42. The number of hydrogen-bond donors (Lipinski definition) is 1. The summed E-state index contributed by atoms with van der Waals surface area (Å²) in [7, 11) is 3.71. The minimum atomic E-state index is -0.430. The third kappa shape index (κ3) is 5.22. The predicted octanol–water partition coefficient (Wildman–Crippen LogP) is 5.03. The summed E-state index contributed by atoms with van der Waals surface area (Å²) < 4.78 is 2.23. The largest absolute Gasteiger partial charge is 0.359 e. The van der Waals surface area contributed by atoms with E-state index in [9.17, 15) is 9.59 Å². The van der Waals surface area contributed by atoms with E-state index in [4.69, 9.17) is 4.98 Å². The molecule has 1 N–H and O–H groups in total. The summed E-state index contributed by atoms with van der Waals surface area (Å²) in [5.41, 5.74) is 4.32. The number of Topliss-reactive ketones (excluding diaryl/α,β-unsaturated/α-hetero) is 1. The summed E-state index contributed by atoms with van der Waals surface area (Å²) in [4.78, 5) is 33.6. The fourth-order valence-corrected chi connectivity index (χ4v) is 4.95. The van der Waals surface area contributed by atoms with Gasteiger partial charge in [-0.1, -0.05) is 75.4 Å². The number of nitrogens with one attached hydrogen (secondary N) is 1. The minimum absolute atomic E-state index is 0.0731. The summed E-state index contributed by atoms with van der Waals surface area (Å²) in [6.07, 6.45) is 1.12. The van der Waals surface area contributed by atoms with E-state index in [1.807, 2.05) is 51.1 Å². The number of aromatic nitrogens is 2. The molecule has 35 heavy (non-hydrogen) atoms. The quantitative estimate of drug-likeness (QED) is 0.511. The van der Waals surface area contributed by atoms with Gasteiger partial charge in [-0.2, -0.15) is 0 Å². The Morgan fingerprint density at radius 1 is 1.00 bits per heavy atom. The standard InChI is InChI=1S/C29H36N4O2/c1-29(2,3)23(28(35)30-4)18-25(34)26-24-19-32(5)16-11-17-33(24)27(31-26)22-15-10-9-14-21(22)20-12-7-6-8-13-20/h6-10,12-15,23H,11,16-19H2,1-5H3,(H,30,35)/t23-/m1/s1. The fraction of sp³-hybridized carbons (Fsp3) is 0.414. The van der Waals surface area contributed by atoms with Crippen molar-refractivity contribution in [3.63, 3.8) is 0 Å². The van der Waals surface area contributed by atoms with E-state index < -0.39 is 5.92 Å². The van der Waals surface area contributed by atoms with Crippen LogP contribution in [0, 0.1) is 11.3 Å². The van der Waals surface area contributed by atoms with Crippen molar-refractivity contribution >= 4 is 11.7 Å². The average Bonchev–Trinajstić information content (AvgIpc) is 3.07. The van der Waals surface area contributed by atoms with Gasteiger partial charge >= 0.3 is 0 Å². The van der Waals surface area contributed by atoms with Gasteiger partial charge in [0.05, 0.1) is 11.6 Å². The van der Waals surface area contributed by atoms with E-state index in [1.54, 1.807) is 7.05 Å². The highest BCUT2D eigenvalue weighted by atomic mass is 16.2. The Morgan fingerprint density at radius 3 is 2.31 bits per heavy atom. The molecule has 2 heterocycles. The van der Waals surface area contributed by atoms with Crippen molar-refractivity contribution in [2.24, 2.45) is 11.3 Å². The van der Waals surface area contributed by atoms with Crippen molar-refractivity contribution < 1.29 is 9.59 Å². The second kappa shape index (κ2) is 10.2. The van der Waals surface area contributed by atoms with Crippen molar-refractivity contribution in [3.05, 3.63) is 66.0 Å². The number of benzene rings is 2. The maximum absolute atomic E-state index is 13.7. The van der Waals surface area contributed by atoms with Crippen LogP contribution < -0.4 is 5.32 Å². The average molecular weight is 473 g/mol. The lowest BCUT2D eigenvalue weighted by atomic mass is 9.77. The highest BCUT2D eigenvalue weighted by Crippen LogP contribution is 2.35. The highest BCUT2D eigenvalue weighted by molar-refractivity contribution is 5.99. The van der Waals surface area contributed by atoms with Gasteiger partial charge in [0, 0.05) is 32.1 Å². The number of hydrogen-bond acceptors (Lipinski definition) is 4.